The van der Waals surface area contributed by atoms with Crippen LogP contribution in [0.1, 0.15) is 11.3 Å². The Morgan fingerprint density at radius 2 is 2.25 bits per heavy atom. The summed E-state index contributed by atoms with van der Waals surface area (Å²) in [6.07, 6.45) is 0. The molecule has 0 fully saturated rings. The molecule has 4 nitrogen and oxygen atoms in total. The maximum absolute atomic E-state index is 11.6. The van der Waals surface area contributed by atoms with Gasteiger partial charge in [-0.1, -0.05) is 17.7 Å². The lowest BCUT2D eigenvalue weighted by Crippen LogP contribution is -2.08. The van der Waals surface area contributed by atoms with Crippen LogP contribution in [0, 0.1) is 0 Å². The van der Waals surface area contributed by atoms with E-state index in [0.29, 0.717) is 23.8 Å². The van der Waals surface area contributed by atoms with Gasteiger partial charge in [0.1, 0.15) is 0 Å². The zero-order valence-electron chi connectivity index (χ0n) is 8.37. The molecule has 0 spiro atoms. The summed E-state index contributed by atoms with van der Waals surface area (Å²) < 4.78 is 6.99. The second kappa shape index (κ2) is 3.50. The largest absolute Gasteiger partial charge is 0.370 e. The summed E-state index contributed by atoms with van der Waals surface area (Å²) in [7, 11) is 0. The topological polar surface area (TPSA) is 47.0 Å². The van der Waals surface area contributed by atoms with E-state index in [-0.39, 0.29) is 5.56 Å². The molecule has 5 heteroatoms. The average molecular weight is 237 g/mol. The summed E-state index contributed by atoms with van der Waals surface area (Å²) in [6, 6.07) is 7.33. The van der Waals surface area contributed by atoms with Gasteiger partial charge in [-0.05, 0) is 18.2 Å². The van der Waals surface area contributed by atoms with E-state index in [4.69, 9.17) is 16.3 Å². The Hall–Kier alpha value is -1.52. The molecule has 1 aromatic carbocycles. The van der Waals surface area contributed by atoms with Gasteiger partial charge in [0, 0.05) is 5.02 Å². The van der Waals surface area contributed by atoms with Crippen LogP contribution in [0.15, 0.2) is 29.1 Å². The third-order valence-electron chi connectivity index (χ3n) is 2.66. The molecule has 1 aliphatic heterocycles. The molecule has 3 rings (SSSR count). The van der Waals surface area contributed by atoms with Gasteiger partial charge >= 0.3 is 0 Å². The van der Waals surface area contributed by atoms with Gasteiger partial charge in [0.15, 0.2) is 0 Å². The summed E-state index contributed by atoms with van der Waals surface area (Å²) in [5, 5.41) is 3.42. The highest BCUT2D eigenvalue weighted by Gasteiger charge is 2.21. The molecule has 0 saturated carbocycles. The molecule has 1 aliphatic rings. The predicted octanol–water partition coefficient (Wildman–Crippen LogP) is 1.85. The zero-order chi connectivity index (χ0) is 11.1. The third-order valence-corrected chi connectivity index (χ3v) is 2.89. The fourth-order valence-electron chi connectivity index (χ4n) is 1.89. The Bertz CT molecular complexity index is 600. The number of nitrogens with one attached hydrogen (secondary N) is 1. The fraction of sp³-hybridized carbons (Fsp3) is 0.182. The number of fused-ring (bicyclic) bond motifs is 1. The molecule has 0 radical (unpaired) electrons. The quantitative estimate of drug-likeness (QED) is 0.822. The Labute approximate surface area is 96.4 Å². The van der Waals surface area contributed by atoms with Crippen molar-refractivity contribution in [3.63, 3.8) is 0 Å². The number of hydrogen-bond acceptors (Lipinski definition) is 2. The molecule has 1 N–H and O–H groups in total. The molecule has 0 aliphatic carbocycles. The van der Waals surface area contributed by atoms with Crippen molar-refractivity contribution in [1.82, 2.24) is 9.78 Å². The van der Waals surface area contributed by atoms with Crippen molar-refractivity contribution in [2.75, 3.05) is 0 Å². The second-order valence-electron chi connectivity index (χ2n) is 3.67. The van der Waals surface area contributed by atoms with Gasteiger partial charge in [0.05, 0.1) is 30.2 Å². The molecule has 0 saturated heterocycles. The molecular weight excluding hydrogens is 228 g/mol. The molecule has 82 valence electrons. The Balaban J connectivity index is 2.21. The number of nitrogens with zero attached hydrogens (tertiary/aromatic N) is 1. The lowest BCUT2D eigenvalue weighted by molar-refractivity contribution is 0.130. The van der Waals surface area contributed by atoms with Crippen LogP contribution < -0.4 is 5.56 Å². The highest BCUT2D eigenvalue weighted by molar-refractivity contribution is 6.30. The number of aromatic nitrogens is 2. The van der Waals surface area contributed by atoms with Crippen LogP contribution >= 0.6 is 11.6 Å². The number of benzene rings is 1. The Morgan fingerprint density at radius 3 is 3.06 bits per heavy atom. The summed E-state index contributed by atoms with van der Waals surface area (Å²) in [5.74, 6) is 0. The first-order valence-electron chi connectivity index (χ1n) is 4.92. The predicted molar refractivity (Wildman–Crippen MR) is 59.9 cm³/mol. The van der Waals surface area contributed by atoms with Crippen molar-refractivity contribution in [1.29, 1.82) is 0 Å². The third kappa shape index (κ3) is 1.38. The summed E-state index contributed by atoms with van der Waals surface area (Å²) in [5.41, 5.74) is 2.34. The molecule has 1 aromatic heterocycles. The van der Waals surface area contributed by atoms with Gasteiger partial charge < -0.3 is 4.74 Å². The van der Waals surface area contributed by atoms with E-state index in [0.717, 1.165) is 11.4 Å². The number of ether oxygens (including phenoxy) is 1. The van der Waals surface area contributed by atoms with Gasteiger partial charge in [0.25, 0.3) is 5.56 Å². The number of aromatic amines is 1. The molecule has 0 unspecified atom stereocenters. The van der Waals surface area contributed by atoms with Crippen molar-refractivity contribution in [2.45, 2.75) is 13.2 Å². The summed E-state index contributed by atoms with van der Waals surface area (Å²) >= 11 is 5.92. The van der Waals surface area contributed by atoms with Crippen LogP contribution in [0.4, 0.5) is 0 Å². The van der Waals surface area contributed by atoms with Crippen LogP contribution in [0.5, 0.6) is 0 Å². The monoisotopic (exact) mass is 236 g/mol. The zero-order valence-corrected chi connectivity index (χ0v) is 9.12. The van der Waals surface area contributed by atoms with Crippen molar-refractivity contribution >= 4 is 11.6 Å². The molecule has 2 heterocycles. The van der Waals surface area contributed by atoms with Crippen molar-refractivity contribution in [3.8, 4) is 5.69 Å². The van der Waals surface area contributed by atoms with Gasteiger partial charge in [-0.3, -0.25) is 14.6 Å². The van der Waals surface area contributed by atoms with Gasteiger partial charge in [0.2, 0.25) is 0 Å². The smallest absolute Gasteiger partial charge is 0.270 e. The minimum atomic E-state index is -0.0903. The van der Waals surface area contributed by atoms with Crippen molar-refractivity contribution < 1.29 is 4.74 Å². The molecule has 0 bridgehead atoms. The number of H-pyrrole nitrogens is 1. The summed E-state index contributed by atoms with van der Waals surface area (Å²) in [6.45, 7) is 0.846. The Morgan fingerprint density at radius 1 is 1.38 bits per heavy atom. The number of halogens is 1. The van der Waals surface area contributed by atoms with Crippen LogP contribution in [0.25, 0.3) is 5.69 Å². The van der Waals surface area contributed by atoms with E-state index in [2.05, 4.69) is 5.10 Å². The van der Waals surface area contributed by atoms with Crippen LogP contribution in [-0.4, -0.2) is 9.78 Å². The first-order chi connectivity index (χ1) is 7.75. The highest BCUT2D eigenvalue weighted by Crippen LogP contribution is 2.21. The molecule has 0 atom stereocenters. The molecular formula is C11H9ClN2O2. The van der Waals surface area contributed by atoms with E-state index >= 15 is 0 Å². The lowest BCUT2D eigenvalue weighted by Gasteiger charge is -2.06. The van der Waals surface area contributed by atoms with E-state index < -0.39 is 0 Å². The number of hydrogen-bond donors (Lipinski definition) is 1. The fourth-order valence-corrected chi connectivity index (χ4v) is 2.07. The maximum Gasteiger partial charge on any atom is 0.270 e. The average Bonchev–Trinajstić information content (AvgIpc) is 2.83. The lowest BCUT2D eigenvalue weighted by atomic mass is 10.3. The van der Waals surface area contributed by atoms with Gasteiger partial charge in [-0.2, -0.15) is 0 Å². The summed E-state index contributed by atoms with van der Waals surface area (Å²) in [4.78, 5) is 11.6. The van der Waals surface area contributed by atoms with Crippen LogP contribution in [0.3, 0.4) is 0 Å². The molecule has 0 amide bonds. The standard InChI is InChI=1S/C11H9ClN2O2/c12-7-2-1-3-8(4-7)14-10-6-16-5-9(10)11(15)13-14/h1-4H,5-6H2,(H,13,15). The maximum atomic E-state index is 11.6. The normalized spacial score (nSPS) is 14.1. The van der Waals surface area contributed by atoms with E-state index in [1.54, 1.807) is 16.8 Å². The van der Waals surface area contributed by atoms with Crippen LogP contribution in [-0.2, 0) is 18.0 Å². The van der Waals surface area contributed by atoms with Crippen LogP contribution in [0.2, 0.25) is 5.02 Å². The van der Waals surface area contributed by atoms with Gasteiger partial charge in [-0.25, -0.2) is 0 Å². The Kier molecular flexibility index (Phi) is 2.12. The first kappa shape index (κ1) is 9.69. The second-order valence-corrected chi connectivity index (χ2v) is 4.11. The molecule has 2 aromatic rings. The number of rotatable bonds is 1. The highest BCUT2D eigenvalue weighted by atomic mass is 35.5. The van der Waals surface area contributed by atoms with E-state index in [1.165, 1.54) is 0 Å². The van der Waals surface area contributed by atoms with Crippen molar-refractivity contribution in [2.24, 2.45) is 0 Å². The first-order valence-corrected chi connectivity index (χ1v) is 5.30. The SMILES string of the molecule is O=c1[nH]n(-c2cccc(Cl)c2)c2c1COC2. The van der Waals surface area contributed by atoms with Gasteiger partial charge in [-0.15, -0.1) is 0 Å². The minimum absolute atomic E-state index is 0.0903. The minimum Gasteiger partial charge on any atom is -0.370 e. The van der Waals surface area contributed by atoms with E-state index in [9.17, 15) is 4.79 Å². The van der Waals surface area contributed by atoms with Crippen molar-refractivity contribution in [3.05, 3.63) is 50.9 Å². The molecule has 16 heavy (non-hydrogen) atoms. The van der Waals surface area contributed by atoms with E-state index in [1.807, 2.05) is 12.1 Å².